The Morgan fingerprint density at radius 1 is 1.22 bits per heavy atom. The van der Waals surface area contributed by atoms with Crippen LogP contribution in [0.25, 0.3) is 10.2 Å². The van der Waals surface area contributed by atoms with Crippen LogP contribution in [0.5, 0.6) is 0 Å². The SMILES string of the molecule is CN(C)CCCN(C(=O)Cc1cccs1)c1nc2c(F)cc(F)cc2s1.Cl. The predicted molar refractivity (Wildman–Crippen MR) is 110 cm³/mol. The Kier molecular flexibility index (Phi) is 7.67. The van der Waals surface area contributed by atoms with Crippen molar-refractivity contribution in [3.05, 3.63) is 46.2 Å². The number of fused-ring (bicyclic) bond motifs is 1. The van der Waals surface area contributed by atoms with Gasteiger partial charge in [-0.15, -0.1) is 23.7 Å². The second kappa shape index (κ2) is 9.54. The van der Waals surface area contributed by atoms with Gasteiger partial charge in [0, 0.05) is 17.5 Å². The van der Waals surface area contributed by atoms with E-state index < -0.39 is 11.6 Å². The molecule has 0 spiro atoms. The van der Waals surface area contributed by atoms with E-state index in [2.05, 4.69) is 4.98 Å². The van der Waals surface area contributed by atoms with Crippen molar-refractivity contribution in [3.8, 4) is 0 Å². The molecular formula is C18H20ClF2N3OS2. The fourth-order valence-corrected chi connectivity index (χ4v) is 4.33. The van der Waals surface area contributed by atoms with Gasteiger partial charge in [0.1, 0.15) is 11.3 Å². The van der Waals surface area contributed by atoms with Gasteiger partial charge in [0.15, 0.2) is 10.9 Å². The predicted octanol–water partition coefficient (Wildman–Crippen LogP) is 4.59. The number of amides is 1. The maximum Gasteiger partial charge on any atom is 0.234 e. The van der Waals surface area contributed by atoms with Gasteiger partial charge in [-0.1, -0.05) is 17.4 Å². The first kappa shape index (κ1) is 21.7. The summed E-state index contributed by atoms with van der Waals surface area (Å²) in [5.74, 6) is -1.44. The van der Waals surface area contributed by atoms with Crippen LogP contribution in [0.15, 0.2) is 29.6 Å². The van der Waals surface area contributed by atoms with E-state index in [9.17, 15) is 13.6 Å². The zero-order valence-corrected chi connectivity index (χ0v) is 17.4. The Morgan fingerprint density at radius 2 is 2.00 bits per heavy atom. The molecule has 3 rings (SSSR count). The number of hydrogen-bond acceptors (Lipinski definition) is 5. The minimum Gasteiger partial charge on any atom is -0.309 e. The molecule has 0 aliphatic heterocycles. The summed E-state index contributed by atoms with van der Waals surface area (Å²) >= 11 is 2.66. The molecule has 1 aromatic carbocycles. The van der Waals surface area contributed by atoms with Crippen molar-refractivity contribution in [3.63, 3.8) is 0 Å². The van der Waals surface area contributed by atoms with E-state index in [0.29, 0.717) is 16.4 Å². The number of rotatable bonds is 7. The second-order valence-corrected chi connectivity index (χ2v) is 8.23. The van der Waals surface area contributed by atoms with Crippen molar-refractivity contribution in [1.82, 2.24) is 9.88 Å². The first-order chi connectivity index (χ1) is 12.4. The Morgan fingerprint density at radius 3 is 2.67 bits per heavy atom. The third-order valence-electron chi connectivity index (χ3n) is 3.83. The number of carbonyl (C=O) groups is 1. The standard InChI is InChI=1S/C18H19F2N3OS2.ClH/c1-22(2)6-4-7-23(16(24)11-13-5-3-8-25-13)18-21-17-14(20)9-12(19)10-15(17)26-18;/h3,5,8-10H,4,6-7,11H2,1-2H3;1H. The van der Waals surface area contributed by atoms with Crippen LogP contribution in [-0.4, -0.2) is 43.0 Å². The van der Waals surface area contributed by atoms with E-state index in [1.165, 1.54) is 17.4 Å². The van der Waals surface area contributed by atoms with Crippen LogP contribution >= 0.6 is 35.1 Å². The first-order valence-corrected chi connectivity index (χ1v) is 9.86. The number of nitrogens with zero attached hydrogens (tertiary/aromatic N) is 3. The number of halogens is 3. The van der Waals surface area contributed by atoms with E-state index in [1.807, 2.05) is 36.5 Å². The summed E-state index contributed by atoms with van der Waals surface area (Å²) in [6, 6.07) is 5.88. The van der Waals surface area contributed by atoms with Gasteiger partial charge >= 0.3 is 0 Å². The van der Waals surface area contributed by atoms with Gasteiger partial charge < -0.3 is 4.90 Å². The van der Waals surface area contributed by atoms with Crippen molar-refractivity contribution >= 4 is 56.3 Å². The first-order valence-electron chi connectivity index (χ1n) is 8.17. The third kappa shape index (κ3) is 5.44. The van der Waals surface area contributed by atoms with E-state index >= 15 is 0 Å². The fraction of sp³-hybridized carbons (Fsp3) is 0.333. The number of anilines is 1. The second-order valence-electron chi connectivity index (χ2n) is 6.19. The molecule has 0 atom stereocenters. The highest BCUT2D eigenvalue weighted by atomic mass is 35.5. The van der Waals surface area contributed by atoms with Gasteiger partial charge in [-0.25, -0.2) is 13.8 Å². The minimum absolute atomic E-state index is 0. The molecule has 0 radical (unpaired) electrons. The molecule has 4 nitrogen and oxygen atoms in total. The lowest BCUT2D eigenvalue weighted by atomic mass is 10.3. The topological polar surface area (TPSA) is 36.4 Å². The number of thiazole rings is 1. The summed E-state index contributed by atoms with van der Waals surface area (Å²) in [4.78, 5) is 21.7. The number of hydrogen-bond donors (Lipinski definition) is 0. The molecule has 9 heteroatoms. The van der Waals surface area contributed by atoms with Crippen molar-refractivity contribution in [1.29, 1.82) is 0 Å². The zero-order chi connectivity index (χ0) is 18.7. The third-order valence-corrected chi connectivity index (χ3v) is 5.73. The van der Waals surface area contributed by atoms with Crippen LogP contribution in [0.4, 0.5) is 13.9 Å². The van der Waals surface area contributed by atoms with Crippen LogP contribution in [0.3, 0.4) is 0 Å². The number of aromatic nitrogens is 1. The minimum atomic E-state index is -0.707. The van der Waals surface area contributed by atoms with Crippen molar-refractivity contribution in [2.75, 3.05) is 32.1 Å². The molecule has 0 saturated carbocycles. The van der Waals surface area contributed by atoms with Gasteiger partial charge in [0.25, 0.3) is 0 Å². The van der Waals surface area contributed by atoms with Gasteiger partial charge in [0.05, 0.1) is 11.1 Å². The Bertz CT molecular complexity index is 900. The van der Waals surface area contributed by atoms with E-state index in [0.717, 1.165) is 35.2 Å². The van der Waals surface area contributed by atoms with E-state index in [1.54, 1.807) is 4.90 Å². The molecule has 2 heterocycles. The van der Waals surface area contributed by atoms with E-state index in [4.69, 9.17) is 0 Å². The van der Waals surface area contributed by atoms with Crippen LogP contribution in [0, 0.1) is 11.6 Å². The maximum absolute atomic E-state index is 14.0. The summed E-state index contributed by atoms with van der Waals surface area (Å²) in [5.41, 5.74) is 0.105. The highest BCUT2D eigenvalue weighted by molar-refractivity contribution is 7.22. The molecule has 0 aliphatic carbocycles. The molecule has 2 aromatic heterocycles. The van der Waals surface area contributed by atoms with Crippen molar-refractivity contribution in [2.24, 2.45) is 0 Å². The normalized spacial score (nSPS) is 11.0. The largest absolute Gasteiger partial charge is 0.309 e. The Balaban J connectivity index is 0.00000261. The number of thiophene rings is 1. The molecule has 0 fully saturated rings. The highest BCUT2D eigenvalue weighted by Gasteiger charge is 2.21. The fourth-order valence-electron chi connectivity index (χ4n) is 2.59. The van der Waals surface area contributed by atoms with Crippen molar-refractivity contribution in [2.45, 2.75) is 12.8 Å². The van der Waals surface area contributed by atoms with E-state index in [-0.39, 0.29) is 30.3 Å². The molecule has 1 amide bonds. The molecule has 3 aromatic rings. The van der Waals surface area contributed by atoms with Crippen molar-refractivity contribution < 1.29 is 13.6 Å². The lowest BCUT2D eigenvalue weighted by molar-refractivity contribution is -0.118. The molecule has 27 heavy (non-hydrogen) atoms. The summed E-state index contributed by atoms with van der Waals surface area (Å²) in [6.45, 7) is 1.29. The van der Waals surface area contributed by atoms with Gasteiger partial charge in [-0.2, -0.15) is 0 Å². The molecule has 146 valence electrons. The molecular weight excluding hydrogens is 412 g/mol. The molecule has 0 aliphatic rings. The van der Waals surface area contributed by atoms with Gasteiger partial charge in [-0.3, -0.25) is 9.69 Å². The van der Waals surface area contributed by atoms with Crippen LogP contribution in [0.1, 0.15) is 11.3 Å². The van der Waals surface area contributed by atoms with Crippen LogP contribution < -0.4 is 4.90 Å². The maximum atomic E-state index is 14.0. The summed E-state index contributed by atoms with van der Waals surface area (Å²) in [5, 5.41) is 2.33. The van der Waals surface area contributed by atoms with Crippen LogP contribution in [-0.2, 0) is 11.2 Å². The lowest BCUT2D eigenvalue weighted by Gasteiger charge is -2.20. The average Bonchev–Trinajstić information content (AvgIpc) is 3.20. The zero-order valence-electron chi connectivity index (χ0n) is 14.9. The Hall–Kier alpha value is -1.61. The molecule has 0 unspecified atom stereocenters. The number of benzene rings is 1. The number of carbonyl (C=O) groups excluding carboxylic acids is 1. The molecule has 0 saturated heterocycles. The summed E-state index contributed by atoms with van der Waals surface area (Å²) in [6.07, 6.45) is 1.03. The van der Waals surface area contributed by atoms with Gasteiger partial charge in [-0.05, 0) is 44.6 Å². The monoisotopic (exact) mass is 431 g/mol. The molecule has 0 bridgehead atoms. The van der Waals surface area contributed by atoms with Gasteiger partial charge in [0.2, 0.25) is 5.91 Å². The smallest absolute Gasteiger partial charge is 0.234 e. The lowest BCUT2D eigenvalue weighted by Crippen LogP contribution is -2.34. The summed E-state index contributed by atoms with van der Waals surface area (Å²) < 4.78 is 27.8. The Labute approximate surface area is 170 Å². The van der Waals surface area contributed by atoms with Crippen LogP contribution in [0.2, 0.25) is 0 Å². The average molecular weight is 432 g/mol. The molecule has 0 N–H and O–H groups in total. The summed E-state index contributed by atoms with van der Waals surface area (Å²) in [7, 11) is 3.93. The highest BCUT2D eigenvalue weighted by Crippen LogP contribution is 2.31. The quantitative estimate of drug-likeness (QED) is 0.549.